The van der Waals surface area contributed by atoms with Crippen molar-refractivity contribution in [3.8, 4) is 0 Å². The fourth-order valence-electron chi connectivity index (χ4n) is 1.06. The van der Waals surface area contributed by atoms with Crippen molar-refractivity contribution in [1.29, 1.82) is 0 Å². The lowest BCUT2D eigenvalue weighted by atomic mass is 10.0. The van der Waals surface area contributed by atoms with E-state index in [-0.39, 0.29) is 0 Å². The number of allylic oxidation sites excluding steroid dienone is 1. The molecule has 1 heteroatoms. The van der Waals surface area contributed by atoms with Crippen LogP contribution in [-0.2, 0) is 0 Å². The smallest absolute Gasteiger partial charge is 0.0998 e. The van der Waals surface area contributed by atoms with Crippen LogP contribution in [0, 0.1) is 0 Å². The first-order valence-corrected chi connectivity index (χ1v) is 4.11. The van der Waals surface area contributed by atoms with Gasteiger partial charge < -0.3 is 5.11 Å². The van der Waals surface area contributed by atoms with Gasteiger partial charge in [-0.15, -0.1) is 0 Å². The quantitative estimate of drug-likeness (QED) is 0.663. The largest absolute Gasteiger partial charge is 0.384 e. The second-order valence-electron chi connectivity index (χ2n) is 2.85. The normalized spacial score (nSPS) is 14.4. The van der Waals surface area contributed by atoms with E-state index in [0.29, 0.717) is 0 Å². The van der Waals surface area contributed by atoms with Crippen LogP contribution >= 0.6 is 0 Å². The minimum atomic E-state index is -0.448. The molecule has 1 aromatic rings. The van der Waals surface area contributed by atoms with Gasteiger partial charge in [-0.05, 0) is 25.0 Å². The van der Waals surface area contributed by atoms with E-state index >= 15 is 0 Å². The molecule has 1 rings (SSSR count). The predicted octanol–water partition coefficient (Wildman–Crippen LogP) is 2.69. The van der Waals surface area contributed by atoms with E-state index in [1.807, 2.05) is 50.3 Å². The van der Waals surface area contributed by atoms with Gasteiger partial charge in [-0.3, -0.25) is 0 Å². The van der Waals surface area contributed by atoms with Crippen molar-refractivity contribution < 1.29 is 5.11 Å². The molecule has 0 amide bonds. The molecule has 0 heterocycles. The van der Waals surface area contributed by atoms with Crippen LogP contribution in [0.1, 0.15) is 25.5 Å². The fraction of sp³-hybridized carbons (Fsp3) is 0.273. The summed E-state index contributed by atoms with van der Waals surface area (Å²) >= 11 is 0. The lowest BCUT2D eigenvalue weighted by Crippen LogP contribution is -1.97. The minimum absolute atomic E-state index is 0.448. The van der Waals surface area contributed by atoms with Crippen LogP contribution in [0.5, 0.6) is 0 Å². The molecule has 0 saturated carbocycles. The summed E-state index contributed by atoms with van der Waals surface area (Å²) in [6.45, 7) is 3.86. The highest BCUT2D eigenvalue weighted by molar-refractivity contribution is 5.24. The Morgan fingerprint density at radius 3 is 2.42 bits per heavy atom. The number of aliphatic hydroxyl groups excluding tert-OH is 1. The summed E-state index contributed by atoms with van der Waals surface area (Å²) in [6, 6.07) is 9.67. The van der Waals surface area contributed by atoms with Gasteiger partial charge >= 0.3 is 0 Å². The summed E-state index contributed by atoms with van der Waals surface area (Å²) in [5.41, 5.74) is 1.94. The van der Waals surface area contributed by atoms with Crippen LogP contribution in [0.25, 0.3) is 0 Å². The van der Waals surface area contributed by atoms with Crippen LogP contribution in [0.3, 0.4) is 0 Å². The molecule has 0 radical (unpaired) electrons. The average molecular weight is 162 g/mol. The highest BCUT2D eigenvalue weighted by Crippen LogP contribution is 2.19. The van der Waals surface area contributed by atoms with Crippen LogP contribution < -0.4 is 0 Å². The maximum atomic E-state index is 9.72. The summed E-state index contributed by atoms with van der Waals surface area (Å²) in [5, 5.41) is 9.72. The molecule has 0 aromatic heterocycles. The monoisotopic (exact) mass is 162 g/mol. The minimum Gasteiger partial charge on any atom is -0.384 e. The van der Waals surface area contributed by atoms with E-state index in [9.17, 15) is 5.11 Å². The lowest BCUT2D eigenvalue weighted by molar-refractivity contribution is 0.215. The zero-order chi connectivity index (χ0) is 8.97. The van der Waals surface area contributed by atoms with Gasteiger partial charge in [0.25, 0.3) is 0 Å². The zero-order valence-electron chi connectivity index (χ0n) is 7.49. The first kappa shape index (κ1) is 9.01. The Morgan fingerprint density at radius 2 is 1.92 bits per heavy atom. The molecule has 0 aliphatic heterocycles. The number of hydrogen-bond donors (Lipinski definition) is 1. The van der Waals surface area contributed by atoms with Crippen LogP contribution in [0.15, 0.2) is 42.0 Å². The van der Waals surface area contributed by atoms with Crippen molar-refractivity contribution in [2.75, 3.05) is 0 Å². The highest BCUT2D eigenvalue weighted by Gasteiger charge is 2.06. The molecule has 0 aliphatic rings. The summed E-state index contributed by atoms with van der Waals surface area (Å²) in [7, 11) is 0. The van der Waals surface area contributed by atoms with Crippen molar-refractivity contribution in [2.24, 2.45) is 0 Å². The molecule has 0 bridgehead atoms. The van der Waals surface area contributed by atoms with Crippen molar-refractivity contribution in [3.05, 3.63) is 47.5 Å². The molecule has 1 aromatic carbocycles. The molecule has 0 spiro atoms. The van der Waals surface area contributed by atoms with Crippen LogP contribution in [0.4, 0.5) is 0 Å². The van der Waals surface area contributed by atoms with Gasteiger partial charge in [0, 0.05) is 0 Å². The lowest BCUT2D eigenvalue weighted by Gasteiger charge is -2.10. The molecule has 1 atom stereocenters. The molecule has 12 heavy (non-hydrogen) atoms. The maximum Gasteiger partial charge on any atom is 0.0998 e. The van der Waals surface area contributed by atoms with E-state index in [1.54, 1.807) is 0 Å². The van der Waals surface area contributed by atoms with Gasteiger partial charge in [0.1, 0.15) is 0 Å². The molecule has 1 N–H and O–H groups in total. The van der Waals surface area contributed by atoms with Crippen LogP contribution in [-0.4, -0.2) is 5.11 Å². The van der Waals surface area contributed by atoms with Crippen LogP contribution in [0.2, 0.25) is 0 Å². The van der Waals surface area contributed by atoms with Gasteiger partial charge in [0.05, 0.1) is 6.10 Å². The molecule has 0 unspecified atom stereocenters. The Morgan fingerprint density at radius 1 is 1.33 bits per heavy atom. The summed E-state index contributed by atoms with van der Waals surface area (Å²) in [6.07, 6.45) is 1.48. The summed E-state index contributed by atoms with van der Waals surface area (Å²) in [4.78, 5) is 0. The second kappa shape index (κ2) is 4.07. The Kier molecular flexibility index (Phi) is 3.06. The van der Waals surface area contributed by atoms with E-state index in [2.05, 4.69) is 0 Å². The van der Waals surface area contributed by atoms with E-state index < -0.39 is 6.10 Å². The zero-order valence-corrected chi connectivity index (χ0v) is 7.49. The van der Waals surface area contributed by atoms with Gasteiger partial charge in [-0.1, -0.05) is 36.4 Å². The molecular weight excluding hydrogens is 148 g/mol. The Balaban J connectivity index is 2.86. The number of aliphatic hydroxyl groups is 1. The van der Waals surface area contributed by atoms with Gasteiger partial charge in [-0.2, -0.15) is 0 Å². The second-order valence-corrected chi connectivity index (χ2v) is 2.85. The van der Waals surface area contributed by atoms with Gasteiger partial charge in [-0.25, -0.2) is 0 Å². The molecule has 64 valence electrons. The topological polar surface area (TPSA) is 20.2 Å². The molecule has 0 saturated heterocycles. The molecular formula is C11H14O. The van der Waals surface area contributed by atoms with Gasteiger partial charge in [0.2, 0.25) is 0 Å². The summed E-state index contributed by atoms with van der Waals surface area (Å²) < 4.78 is 0. The molecule has 0 fully saturated rings. The number of rotatable bonds is 2. The van der Waals surface area contributed by atoms with E-state index in [0.717, 1.165) is 11.1 Å². The highest BCUT2D eigenvalue weighted by atomic mass is 16.3. The third-order valence-electron chi connectivity index (χ3n) is 2.00. The Hall–Kier alpha value is -1.08. The fourth-order valence-corrected chi connectivity index (χ4v) is 1.06. The average Bonchev–Trinajstić information content (AvgIpc) is 2.17. The third kappa shape index (κ3) is 1.95. The van der Waals surface area contributed by atoms with Gasteiger partial charge in [0.15, 0.2) is 0 Å². The SMILES string of the molecule is CC=C(C)[C@@H](O)c1ccccc1. The van der Waals surface area contributed by atoms with Crippen molar-refractivity contribution in [1.82, 2.24) is 0 Å². The van der Waals surface area contributed by atoms with Crippen molar-refractivity contribution in [3.63, 3.8) is 0 Å². The first-order chi connectivity index (χ1) is 5.75. The summed E-state index contributed by atoms with van der Waals surface area (Å²) in [5.74, 6) is 0. The maximum absolute atomic E-state index is 9.72. The van der Waals surface area contributed by atoms with E-state index in [1.165, 1.54) is 0 Å². The third-order valence-corrected chi connectivity index (χ3v) is 2.00. The van der Waals surface area contributed by atoms with E-state index in [4.69, 9.17) is 0 Å². The van der Waals surface area contributed by atoms with Crippen molar-refractivity contribution >= 4 is 0 Å². The standard InChI is InChI=1S/C11H14O/c1-3-9(2)11(12)10-7-5-4-6-8-10/h3-8,11-12H,1-2H3/t11-/m1/s1. The predicted molar refractivity (Wildman–Crippen MR) is 50.8 cm³/mol. The number of benzene rings is 1. The molecule has 0 aliphatic carbocycles. The Bertz CT molecular complexity index is 262. The molecule has 1 nitrogen and oxygen atoms in total. The van der Waals surface area contributed by atoms with Crippen molar-refractivity contribution in [2.45, 2.75) is 20.0 Å². The first-order valence-electron chi connectivity index (χ1n) is 4.11. The number of hydrogen-bond acceptors (Lipinski definition) is 1. The Labute approximate surface area is 73.4 Å².